The van der Waals surface area contributed by atoms with Crippen molar-refractivity contribution >= 4 is 35.8 Å². The number of guanidine groups is 1. The van der Waals surface area contributed by atoms with E-state index >= 15 is 0 Å². The second-order valence-corrected chi connectivity index (χ2v) is 6.19. The Morgan fingerprint density at radius 3 is 2.54 bits per heavy atom. The van der Waals surface area contributed by atoms with E-state index in [9.17, 15) is 4.79 Å². The Hall–Kier alpha value is -1.51. The fraction of sp³-hybridized carbons (Fsp3) is 0.579. The first-order valence-electron chi connectivity index (χ1n) is 9.18. The summed E-state index contributed by atoms with van der Waals surface area (Å²) in [6.45, 7) is 8.37. The Bertz CT molecular complexity index is 557. The number of ether oxygens (including phenoxy) is 1. The molecule has 0 aromatic heterocycles. The van der Waals surface area contributed by atoms with Crippen molar-refractivity contribution in [1.29, 1.82) is 0 Å². The quantitative estimate of drug-likeness (QED) is 0.263. The molecule has 146 valence electrons. The van der Waals surface area contributed by atoms with Gasteiger partial charge in [0.1, 0.15) is 12.4 Å². The van der Waals surface area contributed by atoms with Gasteiger partial charge in [-0.3, -0.25) is 9.79 Å². The molecule has 2 rings (SSSR count). The first kappa shape index (κ1) is 22.5. The van der Waals surface area contributed by atoms with Crippen LogP contribution < -0.4 is 15.4 Å². The highest BCUT2D eigenvalue weighted by atomic mass is 127. The number of carbonyl (C=O) groups is 1. The summed E-state index contributed by atoms with van der Waals surface area (Å²) in [7, 11) is 0. The van der Waals surface area contributed by atoms with Crippen LogP contribution in [0.2, 0.25) is 0 Å². The number of aryl methyl sites for hydroxylation is 1. The van der Waals surface area contributed by atoms with E-state index < -0.39 is 0 Å². The average Bonchev–Trinajstić information content (AvgIpc) is 3.15. The molecule has 0 radical (unpaired) electrons. The van der Waals surface area contributed by atoms with Gasteiger partial charge in [0.05, 0.1) is 13.1 Å². The van der Waals surface area contributed by atoms with E-state index in [0.717, 1.165) is 44.2 Å². The van der Waals surface area contributed by atoms with Gasteiger partial charge in [-0.05, 0) is 38.8 Å². The van der Waals surface area contributed by atoms with E-state index in [-0.39, 0.29) is 29.9 Å². The lowest BCUT2D eigenvalue weighted by atomic mass is 10.2. The molecule has 2 N–H and O–H groups in total. The number of aliphatic imine (C=N–C) groups is 1. The lowest BCUT2D eigenvalue weighted by Crippen LogP contribution is -2.39. The fourth-order valence-electron chi connectivity index (χ4n) is 2.70. The average molecular weight is 474 g/mol. The number of hydrogen-bond donors (Lipinski definition) is 2. The maximum Gasteiger partial charge on any atom is 0.224 e. The highest BCUT2D eigenvalue weighted by Crippen LogP contribution is 2.11. The molecule has 1 amide bonds. The number of amides is 1. The van der Waals surface area contributed by atoms with Crippen molar-refractivity contribution in [2.45, 2.75) is 33.1 Å². The molecule has 0 saturated carbocycles. The van der Waals surface area contributed by atoms with E-state index in [1.165, 1.54) is 5.56 Å². The molecule has 26 heavy (non-hydrogen) atoms. The number of likely N-dealkylation sites (tertiary alicyclic amines) is 1. The van der Waals surface area contributed by atoms with Crippen molar-refractivity contribution in [2.24, 2.45) is 4.99 Å². The molecule has 1 aromatic carbocycles. The monoisotopic (exact) mass is 474 g/mol. The SMILES string of the molecule is CCNC(=NCCC(=O)N1CCCC1)NCCOc1ccc(C)cc1.I. The summed E-state index contributed by atoms with van der Waals surface area (Å²) in [5.41, 5.74) is 1.22. The van der Waals surface area contributed by atoms with Gasteiger partial charge in [0.2, 0.25) is 5.91 Å². The lowest BCUT2D eigenvalue weighted by Gasteiger charge is -2.15. The lowest BCUT2D eigenvalue weighted by molar-refractivity contribution is -0.129. The Kier molecular flexibility index (Phi) is 11.1. The maximum atomic E-state index is 12.0. The van der Waals surface area contributed by atoms with Crippen LogP contribution in [0.4, 0.5) is 0 Å². The number of carbonyl (C=O) groups excluding carboxylic acids is 1. The fourth-order valence-corrected chi connectivity index (χ4v) is 2.70. The zero-order chi connectivity index (χ0) is 17.9. The van der Waals surface area contributed by atoms with Gasteiger partial charge in [-0.25, -0.2) is 0 Å². The van der Waals surface area contributed by atoms with Gasteiger partial charge in [-0.1, -0.05) is 17.7 Å². The van der Waals surface area contributed by atoms with E-state index in [2.05, 4.69) is 22.5 Å². The second kappa shape index (κ2) is 12.8. The third-order valence-electron chi connectivity index (χ3n) is 4.08. The van der Waals surface area contributed by atoms with Crippen LogP contribution in [0.1, 0.15) is 31.7 Å². The molecule has 6 nitrogen and oxygen atoms in total. The molecule has 1 fully saturated rings. The molecule has 0 bridgehead atoms. The molecule has 0 aliphatic carbocycles. The summed E-state index contributed by atoms with van der Waals surface area (Å²) in [5.74, 6) is 1.80. The molecule has 1 aliphatic heterocycles. The number of rotatable bonds is 8. The summed E-state index contributed by atoms with van der Waals surface area (Å²) < 4.78 is 5.69. The van der Waals surface area contributed by atoms with Crippen LogP contribution in [0.5, 0.6) is 5.75 Å². The van der Waals surface area contributed by atoms with Gasteiger partial charge in [-0.2, -0.15) is 0 Å². The number of hydrogen-bond acceptors (Lipinski definition) is 3. The predicted molar refractivity (Wildman–Crippen MR) is 117 cm³/mol. The molecular formula is C19H31IN4O2. The summed E-state index contributed by atoms with van der Waals surface area (Å²) in [5, 5.41) is 6.43. The van der Waals surface area contributed by atoms with E-state index in [1.54, 1.807) is 0 Å². The van der Waals surface area contributed by atoms with Crippen LogP contribution >= 0.6 is 24.0 Å². The molecule has 1 aromatic rings. The number of benzene rings is 1. The molecule has 1 aliphatic rings. The van der Waals surface area contributed by atoms with E-state index in [0.29, 0.717) is 26.1 Å². The molecular weight excluding hydrogens is 443 g/mol. The van der Waals surface area contributed by atoms with Gasteiger partial charge in [0.25, 0.3) is 0 Å². The molecule has 0 atom stereocenters. The van der Waals surface area contributed by atoms with Gasteiger partial charge in [0, 0.05) is 26.1 Å². The molecule has 1 heterocycles. The Morgan fingerprint density at radius 1 is 1.19 bits per heavy atom. The smallest absolute Gasteiger partial charge is 0.224 e. The second-order valence-electron chi connectivity index (χ2n) is 6.19. The summed E-state index contributed by atoms with van der Waals surface area (Å²) >= 11 is 0. The van der Waals surface area contributed by atoms with Crippen molar-refractivity contribution in [2.75, 3.05) is 39.3 Å². The topological polar surface area (TPSA) is 66.0 Å². The van der Waals surface area contributed by atoms with Crippen LogP contribution in [-0.4, -0.2) is 56.1 Å². The minimum absolute atomic E-state index is 0. The Morgan fingerprint density at radius 2 is 1.88 bits per heavy atom. The Balaban J connectivity index is 0.00000338. The predicted octanol–water partition coefficient (Wildman–Crippen LogP) is 2.56. The van der Waals surface area contributed by atoms with Crippen molar-refractivity contribution < 1.29 is 9.53 Å². The minimum atomic E-state index is 0. The van der Waals surface area contributed by atoms with Crippen LogP contribution in [0.3, 0.4) is 0 Å². The highest BCUT2D eigenvalue weighted by molar-refractivity contribution is 14.0. The van der Waals surface area contributed by atoms with Crippen LogP contribution in [0, 0.1) is 6.92 Å². The van der Waals surface area contributed by atoms with Gasteiger partial charge in [-0.15, -0.1) is 24.0 Å². The highest BCUT2D eigenvalue weighted by Gasteiger charge is 2.16. The van der Waals surface area contributed by atoms with Crippen molar-refractivity contribution in [3.05, 3.63) is 29.8 Å². The molecule has 0 unspecified atom stereocenters. The summed E-state index contributed by atoms with van der Waals surface area (Å²) in [6, 6.07) is 8.01. The third-order valence-corrected chi connectivity index (χ3v) is 4.08. The summed E-state index contributed by atoms with van der Waals surface area (Å²) in [6.07, 6.45) is 2.72. The van der Waals surface area contributed by atoms with Crippen LogP contribution in [-0.2, 0) is 4.79 Å². The molecule has 0 spiro atoms. The Labute approximate surface area is 173 Å². The summed E-state index contributed by atoms with van der Waals surface area (Å²) in [4.78, 5) is 18.4. The van der Waals surface area contributed by atoms with Crippen LogP contribution in [0.15, 0.2) is 29.3 Å². The van der Waals surface area contributed by atoms with Crippen molar-refractivity contribution in [3.8, 4) is 5.75 Å². The third kappa shape index (κ3) is 8.25. The van der Waals surface area contributed by atoms with Gasteiger partial charge < -0.3 is 20.3 Å². The van der Waals surface area contributed by atoms with Gasteiger partial charge in [0.15, 0.2) is 5.96 Å². The maximum absolute atomic E-state index is 12.0. The normalized spacial score (nSPS) is 13.9. The minimum Gasteiger partial charge on any atom is -0.492 e. The van der Waals surface area contributed by atoms with Crippen LogP contribution in [0.25, 0.3) is 0 Å². The number of halogens is 1. The molecule has 7 heteroatoms. The van der Waals surface area contributed by atoms with Gasteiger partial charge >= 0.3 is 0 Å². The van der Waals surface area contributed by atoms with E-state index in [1.807, 2.05) is 36.1 Å². The first-order chi connectivity index (χ1) is 12.2. The standard InChI is InChI=1S/C19H30N4O2.HI/c1-3-20-19(21-11-10-18(24)23-13-4-5-14-23)22-12-15-25-17-8-6-16(2)7-9-17;/h6-9H,3-5,10-15H2,1-2H3,(H2,20,21,22);1H. The number of nitrogens with one attached hydrogen (secondary N) is 2. The van der Waals surface area contributed by atoms with E-state index in [4.69, 9.17) is 4.74 Å². The van der Waals surface area contributed by atoms with Crippen molar-refractivity contribution in [3.63, 3.8) is 0 Å². The van der Waals surface area contributed by atoms with Crippen molar-refractivity contribution in [1.82, 2.24) is 15.5 Å². The number of nitrogens with zero attached hydrogens (tertiary/aromatic N) is 2. The zero-order valence-electron chi connectivity index (χ0n) is 15.8. The molecule has 1 saturated heterocycles. The largest absolute Gasteiger partial charge is 0.492 e. The first-order valence-corrected chi connectivity index (χ1v) is 9.18. The zero-order valence-corrected chi connectivity index (χ0v) is 18.1.